The lowest BCUT2D eigenvalue weighted by atomic mass is 10.1. The van der Waals surface area contributed by atoms with Gasteiger partial charge in [0.2, 0.25) is 5.91 Å². The van der Waals surface area contributed by atoms with Gasteiger partial charge in [0.05, 0.1) is 34.5 Å². The first kappa shape index (κ1) is 18.9. The van der Waals surface area contributed by atoms with Gasteiger partial charge < -0.3 is 10.3 Å². The van der Waals surface area contributed by atoms with Crippen LogP contribution in [0.5, 0.6) is 0 Å². The van der Waals surface area contributed by atoms with Crippen molar-refractivity contribution in [3.8, 4) is 11.5 Å². The number of amides is 1. The molecule has 0 saturated heterocycles. The SMILES string of the molecule is CCCC(=O)Nc1cncc(C2=CCC=c3[nH]nc(-c4nc5ccncc5[nH]4)c3=C2)c1. The lowest BCUT2D eigenvalue weighted by molar-refractivity contribution is -0.116. The molecule has 8 nitrogen and oxygen atoms in total. The second-order valence-electron chi connectivity index (χ2n) is 7.38. The summed E-state index contributed by atoms with van der Waals surface area (Å²) in [6, 6.07) is 3.81. The van der Waals surface area contributed by atoms with Gasteiger partial charge in [0.15, 0.2) is 5.82 Å². The molecule has 0 radical (unpaired) electrons. The molecule has 0 spiro atoms. The van der Waals surface area contributed by atoms with Crippen LogP contribution in [0.2, 0.25) is 0 Å². The third-order valence-electron chi connectivity index (χ3n) is 5.13. The number of fused-ring (bicyclic) bond motifs is 2. The van der Waals surface area contributed by atoms with Crippen LogP contribution < -0.4 is 15.9 Å². The zero-order valence-corrected chi connectivity index (χ0v) is 17.0. The summed E-state index contributed by atoms with van der Waals surface area (Å²) in [4.78, 5) is 28.4. The summed E-state index contributed by atoms with van der Waals surface area (Å²) in [6.45, 7) is 1.98. The zero-order valence-electron chi connectivity index (χ0n) is 17.0. The summed E-state index contributed by atoms with van der Waals surface area (Å²) in [6.07, 6.45) is 15.3. The molecule has 31 heavy (non-hydrogen) atoms. The molecule has 0 unspecified atom stereocenters. The standard InChI is InChI=1S/C23H21N7O/c1-2-4-21(31)26-16-9-15(11-25-12-16)14-5-3-6-18-17(10-14)22(30-29-18)23-27-19-7-8-24-13-20(19)28-23/h5-13,29H,2-4H2,1H3,(H,26,31)(H,27,28). The number of hydrogen-bond acceptors (Lipinski definition) is 5. The summed E-state index contributed by atoms with van der Waals surface area (Å²) < 4.78 is 0. The van der Waals surface area contributed by atoms with Gasteiger partial charge in [-0.05, 0) is 36.6 Å². The number of carbonyl (C=O) groups is 1. The lowest BCUT2D eigenvalue weighted by Gasteiger charge is -2.07. The molecule has 1 aliphatic rings. The highest BCUT2D eigenvalue weighted by Crippen LogP contribution is 2.21. The van der Waals surface area contributed by atoms with Crippen molar-refractivity contribution in [3.63, 3.8) is 0 Å². The normalized spacial score (nSPS) is 13.0. The monoisotopic (exact) mass is 411 g/mol. The smallest absolute Gasteiger partial charge is 0.224 e. The van der Waals surface area contributed by atoms with Crippen LogP contribution in [0.15, 0.2) is 43.0 Å². The predicted molar refractivity (Wildman–Crippen MR) is 120 cm³/mol. The Bertz CT molecular complexity index is 1390. The Morgan fingerprint density at radius 1 is 1.19 bits per heavy atom. The number of allylic oxidation sites excluding steroid dienone is 2. The Kier molecular flexibility index (Phi) is 4.87. The number of H-pyrrole nitrogens is 2. The van der Waals surface area contributed by atoms with Gasteiger partial charge in [-0.2, -0.15) is 5.10 Å². The molecule has 1 amide bonds. The van der Waals surface area contributed by atoms with Gasteiger partial charge in [0.25, 0.3) is 0 Å². The Labute approximate surface area is 177 Å². The van der Waals surface area contributed by atoms with Crippen molar-refractivity contribution in [2.75, 3.05) is 5.32 Å². The highest BCUT2D eigenvalue weighted by atomic mass is 16.1. The second-order valence-corrected chi connectivity index (χ2v) is 7.38. The van der Waals surface area contributed by atoms with E-state index in [0.717, 1.165) is 51.3 Å². The minimum atomic E-state index is -0.00705. The molecule has 0 aliphatic heterocycles. The maximum absolute atomic E-state index is 12.0. The topological polar surface area (TPSA) is 112 Å². The van der Waals surface area contributed by atoms with E-state index in [4.69, 9.17) is 0 Å². The summed E-state index contributed by atoms with van der Waals surface area (Å²) >= 11 is 0. The zero-order chi connectivity index (χ0) is 21.2. The first-order valence-electron chi connectivity index (χ1n) is 10.2. The average molecular weight is 411 g/mol. The minimum absolute atomic E-state index is 0.00705. The van der Waals surface area contributed by atoms with Crippen molar-refractivity contribution in [3.05, 3.63) is 59.1 Å². The van der Waals surface area contributed by atoms with Crippen molar-refractivity contribution < 1.29 is 4.79 Å². The maximum Gasteiger partial charge on any atom is 0.224 e. The average Bonchev–Trinajstić information content (AvgIpc) is 3.31. The molecule has 1 aliphatic carbocycles. The molecule has 3 N–H and O–H groups in total. The molecule has 4 heterocycles. The molecule has 0 bridgehead atoms. The van der Waals surface area contributed by atoms with Crippen molar-refractivity contribution in [1.82, 2.24) is 30.1 Å². The Hall–Kier alpha value is -4.07. The molecular formula is C23H21N7O. The number of imidazole rings is 1. The number of pyridine rings is 2. The Morgan fingerprint density at radius 3 is 3.00 bits per heavy atom. The number of nitrogens with zero attached hydrogens (tertiary/aromatic N) is 4. The van der Waals surface area contributed by atoms with Crippen molar-refractivity contribution in [1.29, 1.82) is 0 Å². The van der Waals surface area contributed by atoms with Crippen LogP contribution in [0.4, 0.5) is 5.69 Å². The molecule has 0 fully saturated rings. The van der Waals surface area contributed by atoms with Gasteiger partial charge in [-0.1, -0.05) is 19.1 Å². The van der Waals surface area contributed by atoms with Crippen LogP contribution >= 0.6 is 0 Å². The van der Waals surface area contributed by atoms with Crippen molar-refractivity contribution in [2.24, 2.45) is 0 Å². The number of nitrogens with one attached hydrogen (secondary N) is 3. The van der Waals surface area contributed by atoms with E-state index in [1.54, 1.807) is 24.8 Å². The Balaban J connectivity index is 1.55. The van der Waals surface area contributed by atoms with E-state index in [2.05, 4.69) is 53.7 Å². The molecule has 154 valence electrons. The maximum atomic E-state index is 12.0. The third-order valence-corrected chi connectivity index (χ3v) is 5.13. The quantitative estimate of drug-likeness (QED) is 0.467. The summed E-state index contributed by atoms with van der Waals surface area (Å²) in [7, 11) is 0. The van der Waals surface area contributed by atoms with Crippen LogP contribution in [-0.2, 0) is 4.79 Å². The fraction of sp³-hybridized carbons (Fsp3) is 0.174. The molecular weight excluding hydrogens is 390 g/mol. The van der Waals surface area contributed by atoms with E-state index in [-0.39, 0.29) is 5.91 Å². The fourth-order valence-electron chi connectivity index (χ4n) is 3.65. The molecule has 0 atom stereocenters. The minimum Gasteiger partial charge on any atom is -0.335 e. The number of carbonyl (C=O) groups excluding carboxylic acids is 1. The number of rotatable bonds is 5. The van der Waals surface area contributed by atoms with Gasteiger partial charge in [-0.15, -0.1) is 0 Å². The van der Waals surface area contributed by atoms with Gasteiger partial charge in [0, 0.05) is 29.6 Å². The molecule has 0 aromatic carbocycles. The predicted octanol–water partition coefficient (Wildman–Crippen LogP) is 2.53. The molecule has 8 heteroatoms. The summed E-state index contributed by atoms with van der Waals surface area (Å²) in [5.74, 6) is 0.678. The van der Waals surface area contributed by atoms with E-state index >= 15 is 0 Å². The van der Waals surface area contributed by atoms with Crippen LogP contribution in [0.25, 0.3) is 40.3 Å². The highest BCUT2D eigenvalue weighted by molar-refractivity contribution is 5.94. The van der Waals surface area contributed by atoms with Crippen molar-refractivity contribution >= 4 is 40.4 Å². The molecule has 5 rings (SSSR count). The number of aromatic nitrogens is 6. The van der Waals surface area contributed by atoms with Crippen LogP contribution in [-0.4, -0.2) is 36.0 Å². The molecule has 4 aromatic rings. The van der Waals surface area contributed by atoms with E-state index < -0.39 is 0 Å². The largest absolute Gasteiger partial charge is 0.335 e. The van der Waals surface area contributed by atoms with E-state index in [1.165, 1.54) is 0 Å². The van der Waals surface area contributed by atoms with Gasteiger partial charge in [-0.3, -0.25) is 19.9 Å². The third kappa shape index (κ3) is 3.75. The summed E-state index contributed by atoms with van der Waals surface area (Å²) in [5.41, 5.74) is 5.08. The molecule has 0 saturated carbocycles. The second kappa shape index (κ2) is 7.98. The van der Waals surface area contributed by atoms with Gasteiger partial charge >= 0.3 is 0 Å². The number of anilines is 1. The van der Waals surface area contributed by atoms with E-state index in [0.29, 0.717) is 17.9 Å². The summed E-state index contributed by atoms with van der Waals surface area (Å²) in [5, 5.41) is 12.4. The Morgan fingerprint density at radius 2 is 2.13 bits per heavy atom. The highest BCUT2D eigenvalue weighted by Gasteiger charge is 2.13. The van der Waals surface area contributed by atoms with E-state index in [9.17, 15) is 4.79 Å². The van der Waals surface area contributed by atoms with Gasteiger partial charge in [-0.25, -0.2) is 4.98 Å². The number of aromatic amines is 2. The lowest BCUT2D eigenvalue weighted by Crippen LogP contribution is -2.23. The van der Waals surface area contributed by atoms with Crippen LogP contribution in [0.1, 0.15) is 31.7 Å². The van der Waals surface area contributed by atoms with Gasteiger partial charge in [0.1, 0.15) is 5.69 Å². The number of hydrogen-bond donors (Lipinski definition) is 3. The van der Waals surface area contributed by atoms with Crippen LogP contribution in [0.3, 0.4) is 0 Å². The molecule has 4 aromatic heterocycles. The first-order chi connectivity index (χ1) is 15.2. The van der Waals surface area contributed by atoms with E-state index in [1.807, 2.05) is 19.1 Å². The van der Waals surface area contributed by atoms with Crippen LogP contribution in [0, 0.1) is 0 Å². The van der Waals surface area contributed by atoms with Crippen molar-refractivity contribution in [2.45, 2.75) is 26.2 Å². The first-order valence-corrected chi connectivity index (χ1v) is 10.2. The fourth-order valence-corrected chi connectivity index (χ4v) is 3.65.